The summed E-state index contributed by atoms with van der Waals surface area (Å²) in [6.07, 6.45) is -4.38. The fraction of sp³-hybridized carbons (Fsp3) is 0.300. The van der Waals surface area contributed by atoms with Gasteiger partial charge in [0.2, 0.25) is 0 Å². The zero-order chi connectivity index (χ0) is 12.6. The third kappa shape index (κ3) is 2.34. The van der Waals surface area contributed by atoms with Crippen LogP contribution in [0.4, 0.5) is 18.3 Å². The Morgan fingerprint density at radius 1 is 1.41 bits per heavy atom. The van der Waals surface area contributed by atoms with Gasteiger partial charge in [-0.1, -0.05) is 11.3 Å². The molecule has 92 valence electrons. The van der Waals surface area contributed by atoms with Crippen molar-refractivity contribution in [3.63, 3.8) is 0 Å². The van der Waals surface area contributed by atoms with Crippen molar-refractivity contribution in [1.82, 2.24) is 4.98 Å². The van der Waals surface area contributed by atoms with Crippen LogP contribution in [0.2, 0.25) is 0 Å². The molecule has 0 saturated carbocycles. The van der Waals surface area contributed by atoms with Gasteiger partial charge >= 0.3 is 6.18 Å². The summed E-state index contributed by atoms with van der Waals surface area (Å²) in [6, 6.07) is 2.10. The van der Waals surface area contributed by atoms with E-state index < -0.39 is 11.7 Å². The predicted octanol–water partition coefficient (Wildman–Crippen LogP) is 3.04. The highest BCUT2D eigenvalue weighted by Crippen LogP contribution is 2.35. The lowest BCUT2D eigenvalue weighted by Crippen LogP contribution is -2.06. The Labute approximate surface area is 99.0 Å². The van der Waals surface area contributed by atoms with Crippen LogP contribution in [0.5, 0.6) is 0 Å². The monoisotopic (exact) mass is 262 g/mol. The Kier molecular flexibility index (Phi) is 2.96. The second-order valence-electron chi connectivity index (χ2n) is 3.46. The number of aromatic nitrogens is 1. The molecule has 1 aromatic heterocycles. The van der Waals surface area contributed by atoms with E-state index in [2.05, 4.69) is 4.98 Å². The highest BCUT2D eigenvalue weighted by atomic mass is 32.1. The molecule has 0 aliphatic heterocycles. The van der Waals surface area contributed by atoms with Crippen molar-refractivity contribution in [3.05, 3.63) is 23.3 Å². The van der Waals surface area contributed by atoms with E-state index in [9.17, 15) is 13.2 Å². The van der Waals surface area contributed by atoms with E-state index in [0.717, 1.165) is 23.5 Å². The first kappa shape index (κ1) is 12.1. The number of methoxy groups -OCH3 is 1. The van der Waals surface area contributed by atoms with Gasteiger partial charge < -0.3 is 10.5 Å². The summed E-state index contributed by atoms with van der Waals surface area (Å²) in [4.78, 5) is 4.00. The van der Waals surface area contributed by atoms with Gasteiger partial charge in [-0.15, -0.1) is 0 Å². The van der Waals surface area contributed by atoms with Crippen molar-refractivity contribution in [3.8, 4) is 0 Å². The molecule has 3 nitrogen and oxygen atoms in total. The van der Waals surface area contributed by atoms with E-state index in [1.54, 1.807) is 0 Å². The molecule has 0 atom stereocenters. The number of nitrogens with two attached hydrogens (primary N) is 1. The molecule has 0 radical (unpaired) electrons. The van der Waals surface area contributed by atoms with Crippen LogP contribution < -0.4 is 5.73 Å². The number of benzene rings is 1. The van der Waals surface area contributed by atoms with E-state index in [4.69, 9.17) is 10.5 Å². The van der Waals surface area contributed by atoms with E-state index in [1.807, 2.05) is 0 Å². The third-order valence-corrected chi connectivity index (χ3v) is 3.05. The van der Waals surface area contributed by atoms with Crippen LogP contribution >= 0.6 is 11.3 Å². The number of alkyl halides is 3. The lowest BCUT2D eigenvalue weighted by atomic mass is 10.1. The first-order valence-electron chi connectivity index (χ1n) is 4.67. The second-order valence-corrected chi connectivity index (χ2v) is 4.53. The molecule has 2 rings (SSSR count). The lowest BCUT2D eigenvalue weighted by molar-refractivity contribution is -0.137. The van der Waals surface area contributed by atoms with Gasteiger partial charge in [-0.3, -0.25) is 0 Å². The van der Waals surface area contributed by atoms with Crippen LogP contribution in [0, 0.1) is 0 Å². The van der Waals surface area contributed by atoms with Gasteiger partial charge in [-0.25, -0.2) is 4.98 Å². The minimum atomic E-state index is -4.38. The average Bonchev–Trinajstić information content (AvgIpc) is 2.57. The van der Waals surface area contributed by atoms with Gasteiger partial charge in [0, 0.05) is 12.7 Å². The topological polar surface area (TPSA) is 48.1 Å². The SMILES string of the molecule is COCc1cc(C(F)(F)F)cc2sc(N)nc12. The lowest BCUT2D eigenvalue weighted by Gasteiger charge is -2.09. The maximum atomic E-state index is 12.7. The van der Waals surface area contributed by atoms with Gasteiger partial charge in [0.1, 0.15) is 0 Å². The highest BCUT2D eigenvalue weighted by Gasteiger charge is 2.31. The Balaban J connectivity index is 2.66. The largest absolute Gasteiger partial charge is 0.416 e. The summed E-state index contributed by atoms with van der Waals surface area (Å²) in [6.45, 7) is 0.0730. The molecule has 2 aromatic rings. The Morgan fingerprint density at radius 2 is 2.12 bits per heavy atom. The minimum Gasteiger partial charge on any atom is -0.380 e. The Morgan fingerprint density at radius 3 is 2.71 bits per heavy atom. The normalized spacial score (nSPS) is 12.2. The molecule has 0 saturated heterocycles. The molecular weight excluding hydrogens is 253 g/mol. The molecule has 0 amide bonds. The number of halogens is 3. The quantitative estimate of drug-likeness (QED) is 0.904. The maximum Gasteiger partial charge on any atom is 0.416 e. The third-order valence-electron chi connectivity index (χ3n) is 2.22. The Bertz CT molecular complexity index is 550. The number of hydrogen-bond donors (Lipinski definition) is 1. The molecule has 17 heavy (non-hydrogen) atoms. The highest BCUT2D eigenvalue weighted by molar-refractivity contribution is 7.22. The van der Waals surface area contributed by atoms with Crippen molar-refractivity contribution in [2.24, 2.45) is 0 Å². The second kappa shape index (κ2) is 4.15. The Hall–Kier alpha value is -1.34. The van der Waals surface area contributed by atoms with Crippen LogP contribution in [0.25, 0.3) is 10.2 Å². The number of fused-ring (bicyclic) bond motifs is 1. The average molecular weight is 262 g/mol. The number of thiazole rings is 1. The molecule has 0 bridgehead atoms. The van der Waals surface area contributed by atoms with Crippen LogP contribution in [0.15, 0.2) is 12.1 Å². The predicted molar refractivity (Wildman–Crippen MR) is 59.7 cm³/mol. The summed E-state index contributed by atoms with van der Waals surface area (Å²) in [7, 11) is 1.42. The fourth-order valence-electron chi connectivity index (χ4n) is 1.55. The first-order chi connectivity index (χ1) is 7.91. The fourth-order valence-corrected chi connectivity index (χ4v) is 2.37. The standard InChI is InChI=1S/C10H9F3N2OS/c1-16-4-5-2-6(10(11,12)13)3-7-8(5)15-9(14)17-7/h2-3H,4H2,1H3,(H2,14,15). The molecule has 1 heterocycles. The summed E-state index contributed by atoms with van der Waals surface area (Å²) < 4.78 is 43.3. The van der Waals surface area contributed by atoms with E-state index >= 15 is 0 Å². The summed E-state index contributed by atoms with van der Waals surface area (Å²) in [5, 5.41) is 0.247. The smallest absolute Gasteiger partial charge is 0.380 e. The van der Waals surface area contributed by atoms with Crippen molar-refractivity contribution < 1.29 is 17.9 Å². The zero-order valence-electron chi connectivity index (χ0n) is 8.84. The summed E-state index contributed by atoms with van der Waals surface area (Å²) in [5.74, 6) is 0. The number of nitrogen functional groups attached to an aromatic ring is 1. The van der Waals surface area contributed by atoms with Crippen LogP contribution in [0.3, 0.4) is 0 Å². The van der Waals surface area contributed by atoms with Gasteiger partial charge in [0.05, 0.1) is 22.4 Å². The number of hydrogen-bond acceptors (Lipinski definition) is 4. The molecule has 0 aliphatic carbocycles. The van der Waals surface area contributed by atoms with E-state index in [1.165, 1.54) is 7.11 Å². The van der Waals surface area contributed by atoms with Gasteiger partial charge in [0.15, 0.2) is 5.13 Å². The molecule has 0 fully saturated rings. The minimum absolute atomic E-state index is 0.0730. The molecule has 1 aromatic carbocycles. The van der Waals surface area contributed by atoms with E-state index in [-0.39, 0.29) is 11.7 Å². The van der Waals surface area contributed by atoms with Crippen LogP contribution in [-0.4, -0.2) is 12.1 Å². The summed E-state index contributed by atoms with van der Waals surface area (Å²) >= 11 is 1.03. The van der Waals surface area contributed by atoms with Crippen LogP contribution in [-0.2, 0) is 17.5 Å². The van der Waals surface area contributed by atoms with Gasteiger partial charge in [0.25, 0.3) is 0 Å². The van der Waals surface area contributed by atoms with Crippen molar-refractivity contribution in [2.45, 2.75) is 12.8 Å². The molecule has 0 spiro atoms. The molecule has 7 heteroatoms. The molecule has 0 aliphatic rings. The zero-order valence-corrected chi connectivity index (χ0v) is 9.65. The molecule has 2 N–H and O–H groups in total. The van der Waals surface area contributed by atoms with Gasteiger partial charge in [-0.05, 0) is 12.1 Å². The van der Waals surface area contributed by atoms with Crippen molar-refractivity contribution in [2.75, 3.05) is 12.8 Å². The van der Waals surface area contributed by atoms with Crippen molar-refractivity contribution in [1.29, 1.82) is 0 Å². The molecule has 0 unspecified atom stereocenters. The number of ether oxygens (including phenoxy) is 1. The van der Waals surface area contributed by atoms with Gasteiger partial charge in [-0.2, -0.15) is 13.2 Å². The number of anilines is 1. The molecular formula is C10H9F3N2OS. The number of nitrogens with zero attached hydrogens (tertiary/aromatic N) is 1. The first-order valence-corrected chi connectivity index (χ1v) is 5.48. The van der Waals surface area contributed by atoms with Crippen LogP contribution in [0.1, 0.15) is 11.1 Å². The van der Waals surface area contributed by atoms with E-state index in [0.29, 0.717) is 15.8 Å². The summed E-state index contributed by atoms with van der Waals surface area (Å²) in [5.41, 5.74) is 5.66. The maximum absolute atomic E-state index is 12.7. The van der Waals surface area contributed by atoms with Crippen molar-refractivity contribution >= 4 is 26.7 Å². The number of rotatable bonds is 2.